The molecule has 0 saturated carbocycles. The van der Waals surface area contributed by atoms with Gasteiger partial charge in [0.25, 0.3) is 0 Å². The van der Waals surface area contributed by atoms with E-state index in [1.165, 1.54) is 0 Å². The molecule has 0 aliphatic carbocycles. The zero-order chi connectivity index (χ0) is 16.8. The predicted octanol–water partition coefficient (Wildman–Crippen LogP) is 3.17. The van der Waals surface area contributed by atoms with Crippen LogP contribution in [0, 0.1) is 5.92 Å². The molecule has 1 aliphatic rings. The van der Waals surface area contributed by atoms with Gasteiger partial charge in [-0.2, -0.15) is 0 Å². The second-order valence-corrected chi connectivity index (χ2v) is 6.45. The van der Waals surface area contributed by atoms with Gasteiger partial charge in [0.05, 0.1) is 5.92 Å². The Morgan fingerprint density at radius 3 is 2.70 bits per heavy atom. The van der Waals surface area contributed by atoms with Crippen LogP contribution in [0.5, 0.6) is 0 Å². The molecule has 6 heteroatoms. The Hall–Kier alpha value is -1.75. The molecule has 2 atom stereocenters. The Bertz CT molecular complexity index is 547. The molecule has 1 aromatic carbocycles. The highest BCUT2D eigenvalue weighted by Gasteiger charge is 2.28. The smallest absolute Gasteiger partial charge is 0.317 e. The van der Waals surface area contributed by atoms with Gasteiger partial charge in [-0.1, -0.05) is 30.7 Å². The van der Waals surface area contributed by atoms with Gasteiger partial charge in [-0.25, -0.2) is 4.79 Å². The molecule has 23 heavy (non-hydrogen) atoms. The van der Waals surface area contributed by atoms with Gasteiger partial charge in [0.2, 0.25) is 0 Å². The summed E-state index contributed by atoms with van der Waals surface area (Å²) in [5.74, 6) is -1.28. The van der Waals surface area contributed by atoms with E-state index >= 15 is 0 Å². The number of halogens is 1. The van der Waals surface area contributed by atoms with Gasteiger partial charge >= 0.3 is 12.0 Å². The number of rotatable bonds is 5. The van der Waals surface area contributed by atoms with Crippen molar-refractivity contribution in [1.82, 2.24) is 10.2 Å². The molecule has 1 fully saturated rings. The van der Waals surface area contributed by atoms with Crippen molar-refractivity contribution in [2.24, 2.45) is 5.92 Å². The van der Waals surface area contributed by atoms with Crippen molar-refractivity contribution in [2.75, 3.05) is 13.1 Å². The number of carboxylic acid groups (broad SMARTS) is 1. The summed E-state index contributed by atoms with van der Waals surface area (Å²) >= 11 is 5.88. The molecule has 0 spiro atoms. The fourth-order valence-electron chi connectivity index (χ4n) is 2.83. The van der Waals surface area contributed by atoms with Crippen molar-refractivity contribution in [1.29, 1.82) is 0 Å². The monoisotopic (exact) mass is 338 g/mol. The molecule has 1 aliphatic heterocycles. The summed E-state index contributed by atoms with van der Waals surface area (Å²) in [6, 6.07) is 7.45. The quantitative estimate of drug-likeness (QED) is 0.866. The predicted molar refractivity (Wildman–Crippen MR) is 89.7 cm³/mol. The lowest BCUT2D eigenvalue weighted by atomic mass is 9.98. The summed E-state index contributed by atoms with van der Waals surface area (Å²) in [5.41, 5.74) is 1.11. The third-order valence-corrected chi connectivity index (χ3v) is 4.53. The van der Waals surface area contributed by atoms with Crippen LogP contribution in [0.4, 0.5) is 4.79 Å². The lowest BCUT2D eigenvalue weighted by Gasteiger charge is -2.32. The number of nitrogens with one attached hydrogen (secondary N) is 1. The third-order valence-electron chi connectivity index (χ3n) is 4.27. The summed E-state index contributed by atoms with van der Waals surface area (Å²) in [5, 5.41) is 12.8. The molecular weight excluding hydrogens is 316 g/mol. The van der Waals surface area contributed by atoms with Crippen LogP contribution in [-0.2, 0) is 11.2 Å². The molecule has 1 saturated heterocycles. The lowest BCUT2D eigenvalue weighted by molar-refractivity contribution is -0.143. The second kappa shape index (κ2) is 8.20. The maximum Gasteiger partial charge on any atom is 0.317 e. The van der Waals surface area contributed by atoms with Crippen molar-refractivity contribution in [3.63, 3.8) is 0 Å². The summed E-state index contributed by atoms with van der Waals surface area (Å²) in [4.78, 5) is 25.1. The van der Waals surface area contributed by atoms with E-state index in [2.05, 4.69) is 5.32 Å². The van der Waals surface area contributed by atoms with Gasteiger partial charge < -0.3 is 15.3 Å². The number of carbonyl (C=O) groups excluding carboxylic acids is 1. The first-order valence-corrected chi connectivity index (χ1v) is 8.40. The Morgan fingerprint density at radius 2 is 2.09 bits per heavy atom. The third kappa shape index (κ3) is 5.13. The molecule has 2 rings (SSSR count). The number of carboxylic acids is 1. The number of hydrogen-bond donors (Lipinski definition) is 2. The Balaban J connectivity index is 1.91. The first kappa shape index (κ1) is 17.6. The molecule has 2 unspecified atom stereocenters. The van der Waals surface area contributed by atoms with Crippen LogP contribution in [-0.4, -0.2) is 41.1 Å². The largest absolute Gasteiger partial charge is 0.481 e. The topological polar surface area (TPSA) is 69.6 Å². The van der Waals surface area contributed by atoms with Gasteiger partial charge in [-0.15, -0.1) is 0 Å². The minimum atomic E-state index is -0.823. The number of piperidine rings is 1. The number of likely N-dealkylation sites (tertiary alicyclic amines) is 1. The SMILES string of the molecule is CCC(Cc1ccc(Cl)cc1)NC(=O)N1CCCC(C(=O)O)C1. The summed E-state index contributed by atoms with van der Waals surface area (Å²) in [6.07, 6.45) is 2.92. The van der Waals surface area contributed by atoms with E-state index in [1.807, 2.05) is 31.2 Å². The minimum Gasteiger partial charge on any atom is -0.481 e. The number of aliphatic carboxylic acids is 1. The van der Waals surface area contributed by atoms with Crippen LogP contribution in [0.15, 0.2) is 24.3 Å². The molecule has 2 amide bonds. The van der Waals surface area contributed by atoms with Gasteiger partial charge in [0.1, 0.15) is 0 Å². The summed E-state index contributed by atoms with van der Waals surface area (Å²) in [6.45, 7) is 2.93. The molecule has 2 N–H and O–H groups in total. The zero-order valence-corrected chi connectivity index (χ0v) is 14.1. The number of nitrogens with zero attached hydrogens (tertiary/aromatic N) is 1. The van der Waals surface area contributed by atoms with Crippen molar-refractivity contribution >= 4 is 23.6 Å². The zero-order valence-electron chi connectivity index (χ0n) is 13.3. The Labute approximate surface area is 141 Å². The number of urea groups is 1. The molecular formula is C17H23ClN2O3. The number of carbonyl (C=O) groups is 2. The van der Waals surface area contributed by atoms with E-state index in [9.17, 15) is 9.59 Å². The Kier molecular flexibility index (Phi) is 6.28. The van der Waals surface area contributed by atoms with Gasteiger partial charge in [0.15, 0.2) is 0 Å². The number of benzene rings is 1. The highest BCUT2D eigenvalue weighted by Crippen LogP contribution is 2.17. The summed E-state index contributed by atoms with van der Waals surface area (Å²) in [7, 11) is 0. The van der Waals surface area contributed by atoms with Gasteiger partial charge in [-0.3, -0.25) is 4.79 Å². The van der Waals surface area contributed by atoms with E-state index in [0.717, 1.165) is 24.8 Å². The van der Waals surface area contributed by atoms with Crippen molar-refractivity contribution in [2.45, 2.75) is 38.6 Å². The number of amides is 2. The average Bonchev–Trinajstić information content (AvgIpc) is 2.56. The number of hydrogen-bond acceptors (Lipinski definition) is 2. The van der Waals surface area contributed by atoms with Crippen molar-refractivity contribution in [3.8, 4) is 0 Å². The molecule has 126 valence electrons. The molecule has 5 nitrogen and oxygen atoms in total. The van der Waals surface area contributed by atoms with Crippen LogP contribution in [0.1, 0.15) is 31.7 Å². The van der Waals surface area contributed by atoms with Crippen LogP contribution in [0.2, 0.25) is 5.02 Å². The molecule has 0 radical (unpaired) electrons. The highest BCUT2D eigenvalue weighted by atomic mass is 35.5. The van der Waals surface area contributed by atoms with Crippen LogP contribution in [0.3, 0.4) is 0 Å². The maximum atomic E-state index is 12.4. The lowest BCUT2D eigenvalue weighted by Crippen LogP contribution is -2.50. The van der Waals surface area contributed by atoms with Crippen molar-refractivity contribution in [3.05, 3.63) is 34.9 Å². The average molecular weight is 339 g/mol. The van der Waals surface area contributed by atoms with E-state index in [1.54, 1.807) is 4.90 Å². The van der Waals surface area contributed by atoms with Crippen LogP contribution < -0.4 is 5.32 Å². The van der Waals surface area contributed by atoms with E-state index in [4.69, 9.17) is 16.7 Å². The molecule has 1 heterocycles. The van der Waals surface area contributed by atoms with E-state index < -0.39 is 11.9 Å². The minimum absolute atomic E-state index is 0.0221. The first-order valence-electron chi connectivity index (χ1n) is 8.02. The van der Waals surface area contributed by atoms with Crippen molar-refractivity contribution < 1.29 is 14.7 Å². The van der Waals surface area contributed by atoms with E-state index in [0.29, 0.717) is 24.5 Å². The molecule has 0 aromatic heterocycles. The van der Waals surface area contributed by atoms with Crippen LogP contribution in [0.25, 0.3) is 0 Å². The maximum absolute atomic E-state index is 12.4. The van der Waals surface area contributed by atoms with Gasteiger partial charge in [-0.05, 0) is 43.4 Å². The van der Waals surface area contributed by atoms with Gasteiger partial charge in [0, 0.05) is 24.2 Å². The fraction of sp³-hybridized carbons (Fsp3) is 0.529. The second-order valence-electron chi connectivity index (χ2n) is 6.01. The standard InChI is InChI=1S/C17H23ClN2O3/c1-2-15(10-12-5-7-14(18)8-6-12)19-17(23)20-9-3-4-13(11-20)16(21)22/h5-8,13,15H,2-4,9-11H2,1H3,(H,19,23)(H,21,22). The molecule has 1 aromatic rings. The van der Waals surface area contributed by atoms with E-state index in [-0.39, 0.29) is 12.1 Å². The normalized spacial score (nSPS) is 19.2. The summed E-state index contributed by atoms with van der Waals surface area (Å²) < 4.78 is 0. The fourth-order valence-corrected chi connectivity index (χ4v) is 2.96. The molecule has 0 bridgehead atoms. The first-order chi connectivity index (χ1) is 11.0. The highest BCUT2D eigenvalue weighted by molar-refractivity contribution is 6.30. The van der Waals surface area contributed by atoms with Crippen LogP contribution >= 0.6 is 11.6 Å². The Morgan fingerprint density at radius 1 is 1.39 bits per heavy atom.